The molecule has 0 spiro atoms. The van der Waals surface area contributed by atoms with E-state index in [0.29, 0.717) is 0 Å². The van der Waals surface area contributed by atoms with Crippen molar-refractivity contribution in [2.45, 2.75) is 64.2 Å². The van der Waals surface area contributed by atoms with Crippen LogP contribution in [0, 0.1) is 5.92 Å². The number of nitrogens with one attached hydrogen (secondary N) is 3. The zero-order chi connectivity index (χ0) is 22.7. The van der Waals surface area contributed by atoms with E-state index in [0.717, 1.165) is 0 Å². The molecule has 4 amide bonds. The van der Waals surface area contributed by atoms with E-state index in [1.165, 1.54) is 6.92 Å². The highest BCUT2D eigenvalue weighted by atomic mass is 32.1. The fraction of sp³-hybridized carbons (Fsp3) is 0.706. The van der Waals surface area contributed by atoms with Crippen LogP contribution in [0.2, 0.25) is 0 Å². The van der Waals surface area contributed by atoms with E-state index in [-0.39, 0.29) is 30.9 Å². The third kappa shape index (κ3) is 10.7. The van der Waals surface area contributed by atoms with Gasteiger partial charge in [-0.25, -0.2) is 4.79 Å². The summed E-state index contributed by atoms with van der Waals surface area (Å²) in [6.45, 7) is 5.03. The Labute approximate surface area is 175 Å². The number of hydrogen-bond acceptors (Lipinski definition) is 7. The van der Waals surface area contributed by atoms with E-state index in [1.54, 1.807) is 13.8 Å². The molecule has 0 aliphatic carbocycles. The Morgan fingerprint density at radius 3 is 1.79 bits per heavy atom. The van der Waals surface area contributed by atoms with Crippen molar-refractivity contribution in [1.82, 2.24) is 16.0 Å². The van der Waals surface area contributed by atoms with Crippen molar-refractivity contribution in [3.05, 3.63) is 0 Å². The number of carbonyl (C=O) groups is 5. The summed E-state index contributed by atoms with van der Waals surface area (Å²) >= 11 is 4.01. The summed E-state index contributed by atoms with van der Waals surface area (Å²) < 4.78 is 0. The Morgan fingerprint density at radius 2 is 1.38 bits per heavy atom. The number of carboxylic acid groups (broad SMARTS) is 1. The molecule has 0 aromatic carbocycles. The van der Waals surface area contributed by atoms with Crippen LogP contribution in [0.4, 0.5) is 0 Å². The van der Waals surface area contributed by atoms with E-state index >= 15 is 0 Å². The third-order valence-electron chi connectivity index (χ3n) is 3.86. The second-order valence-corrected chi connectivity index (χ2v) is 7.49. The Bertz CT molecular complexity index is 613. The number of aliphatic carboxylic acids is 1. The number of thiol groups is 1. The fourth-order valence-corrected chi connectivity index (χ4v) is 2.55. The number of carbonyl (C=O) groups excluding carboxylic acids is 4. The molecule has 0 rings (SSSR count). The number of hydrogen-bond donors (Lipinski definition) is 7. The van der Waals surface area contributed by atoms with Crippen LogP contribution in [-0.2, 0) is 24.0 Å². The molecule has 12 heteroatoms. The first-order valence-corrected chi connectivity index (χ1v) is 9.80. The molecule has 0 aromatic rings. The molecule has 0 aliphatic rings. The minimum absolute atomic E-state index is 0.00270. The van der Waals surface area contributed by atoms with E-state index in [1.807, 2.05) is 0 Å². The molecule has 11 nitrogen and oxygen atoms in total. The van der Waals surface area contributed by atoms with Crippen LogP contribution >= 0.6 is 12.6 Å². The number of rotatable bonds is 13. The third-order valence-corrected chi connectivity index (χ3v) is 4.23. The van der Waals surface area contributed by atoms with Crippen LogP contribution < -0.4 is 27.4 Å². The monoisotopic (exact) mass is 433 g/mol. The molecule has 0 bridgehead atoms. The summed E-state index contributed by atoms with van der Waals surface area (Å²) in [7, 11) is 0. The number of nitrogens with two attached hydrogens (primary N) is 2. The highest BCUT2D eigenvalue weighted by Crippen LogP contribution is 2.07. The average Bonchev–Trinajstić information content (AvgIpc) is 2.60. The summed E-state index contributed by atoms with van der Waals surface area (Å²) in [5, 5.41) is 16.4. The molecular formula is C17H31N5O6S. The lowest BCUT2D eigenvalue weighted by molar-refractivity contribution is -0.143. The standard InChI is InChI=1S/C17H31N5O6S/c1-8(2)6-11(17(27)28)21-15(25)10(4-5-13(19)23)20-16(26)12(7-29)22-14(24)9(3)18/h8-12,29H,4-7,18H2,1-3H3,(H2,19,23)(H,20,26)(H,21,25)(H,22,24)(H,27,28). The number of amides is 4. The molecule has 0 saturated carbocycles. The van der Waals surface area contributed by atoms with E-state index < -0.39 is 53.8 Å². The molecule has 166 valence electrons. The second-order valence-electron chi connectivity index (χ2n) is 7.13. The van der Waals surface area contributed by atoms with Gasteiger partial charge in [0.1, 0.15) is 18.1 Å². The van der Waals surface area contributed by atoms with E-state index in [4.69, 9.17) is 11.5 Å². The van der Waals surface area contributed by atoms with Crippen LogP contribution in [0.5, 0.6) is 0 Å². The van der Waals surface area contributed by atoms with Crippen molar-refractivity contribution < 1.29 is 29.1 Å². The number of carboxylic acids is 1. The second kappa shape index (κ2) is 13.0. The van der Waals surface area contributed by atoms with Gasteiger partial charge in [-0.05, 0) is 25.7 Å². The maximum Gasteiger partial charge on any atom is 0.326 e. The van der Waals surface area contributed by atoms with Gasteiger partial charge in [0.05, 0.1) is 6.04 Å². The van der Waals surface area contributed by atoms with Gasteiger partial charge >= 0.3 is 5.97 Å². The zero-order valence-electron chi connectivity index (χ0n) is 16.8. The topological polar surface area (TPSA) is 194 Å². The highest BCUT2D eigenvalue weighted by molar-refractivity contribution is 7.80. The molecule has 0 radical (unpaired) electrons. The van der Waals surface area contributed by atoms with Gasteiger partial charge in [0.2, 0.25) is 23.6 Å². The smallest absolute Gasteiger partial charge is 0.326 e. The lowest BCUT2D eigenvalue weighted by Crippen LogP contribution is -2.57. The van der Waals surface area contributed by atoms with Crippen molar-refractivity contribution in [2.24, 2.45) is 17.4 Å². The SMILES string of the molecule is CC(C)CC(NC(=O)C(CCC(N)=O)NC(=O)C(CS)NC(=O)C(C)N)C(=O)O. The quantitative estimate of drug-likeness (QED) is 0.165. The van der Waals surface area contributed by atoms with Gasteiger partial charge in [0, 0.05) is 12.2 Å². The Kier molecular flexibility index (Phi) is 11.9. The molecule has 0 aromatic heterocycles. The van der Waals surface area contributed by atoms with Crippen molar-refractivity contribution in [2.75, 3.05) is 5.75 Å². The summed E-state index contributed by atoms with van der Waals surface area (Å²) in [5.41, 5.74) is 10.6. The lowest BCUT2D eigenvalue weighted by atomic mass is 10.0. The average molecular weight is 434 g/mol. The van der Waals surface area contributed by atoms with Gasteiger partial charge in [-0.1, -0.05) is 13.8 Å². The van der Waals surface area contributed by atoms with Gasteiger partial charge in [0.15, 0.2) is 0 Å². The van der Waals surface area contributed by atoms with Crippen molar-refractivity contribution >= 4 is 42.2 Å². The van der Waals surface area contributed by atoms with Crippen LogP contribution in [0.25, 0.3) is 0 Å². The minimum Gasteiger partial charge on any atom is -0.480 e. The molecule has 0 fully saturated rings. The summed E-state index contributed by atoms with van der Waals surface area (Å²) in [6.07, 6.45) is -0.166. The first-order valence-electron chi connectivity index (χ1n) is 9.17. The summed E-state index contributed by atoms with van der Waals surface area (Å²) in [5.74, 6) is -4.07. The Hall–Kier alpha value is -2.34. The Morgan fingerprint density at radius 1 is 0.897 bits per heavy atom. The predicted octanol–water partition coefficient (Wildman–Crippen LogP) is -1.89. The molecule has 8 N–H and O–H groups in total. The molecule has 0 aliphatic heterocycles. The van der Waals surface area contributed by atoms with Gasteiger partial charge in [0.25, 0.3) is 0 Å². The van der Waals surface area contributed by atoms with E-state index in [9.17, 15) is 29.1 Å². The molecule has 0 heterocycles. The molecule has 29 heavy (non-hydrogen) atoms. The zero-order valence-corrected chi connectivity index (χ0v) is 17.7. The molecular weight excluding hydrogens is 402 g/mol. The lowest BCUT2D eigenvalue weighted by Gasteiger charge is -2.24. The highest BCUT2D eigenvalue weighted by Gasteiger charge is 2.29. The van der Waals surface area contributed by atoms with Gasteiger partial charge in [-0.15, -0.1) is 0 Å². The predicted molar refractivity (Wildman–Crippen MR) is 109 cm³/mol. The normalized spacial score (nSPS) is 15.0. The van der Waals surface area contributed by atoms with E-state index in [2.05, 4.69) is 28.6 Å². The van der Waals surface area contributed by atoms with Gasteiger partial charge in [-0.3, -0.25) is 19.2 Å². The largest absolute Gasteiger partial charge is 0.480 e. The molecule has 0 saturated heterocycles. The molecule has 4 unspecified atom stereocenters. The summed E-state index contributed by atoms with van der Waals surface area (Å²) in [6, 6.07) is -4.31. The minimum atomic E-state index is -1.22. The maximum atomic E-state index is 12.6. The maximum absolute atomic E-state index is 12.6. The van der Waals surface area contributed by atoms with Crippen LogP contribution in [-0.4, -0.2) is 64.6 Å². The first-order chi connectivity index (χ1) is 13.4. The van der Waals surface area contributed by atoms with Crippen molar-refractivity contribution in [3.63, 3.8) is 0 Å². The van der Waals surface area contributed by atoms with Crippen molar-refractivity contribution in [1.29, 1.82) is 0 Å². The summed E-state index contributed by atoms with van der Waals surface area (Å²) in [4.78, 5) is 59.2. The van der Waals surface area contributed by atoms with Crippen LogP contribution in [0.15, 0.2) is 0 Å². The number of primary amides is 1. The molecule has 4 atom stereocenters. The fourth-order valence-electron chi connectivity index (χ4n) is 2.29. The van der Waals surface area contributed by atoms with Gasteiger partial charge in [-0.2, -0.15) is 12.6 Å². The first kappa shape index (κ1) is 26.7. The van der Waals surface area contributed by atoms with Crippen LogP contribution in [0.3, 0.4) is 0 Å². The van der Waals surface area contributed by atoms with Crippen molar-refractivity contribution in [3.8, 4) is 0 Å². The van der Waals surface area contributed by atoms with Crippen LogP contribution in [0.1, 0.15) is 40.0 Å². The Balaban J connectivity index is 5.30. The van der Waals surface area contributed by atoms with Gasteiger partial charge < -0.3 is 32.5 Å².